The summed E-state index contributed by atoms with van der Waals surface area (Å²) in [6, 6.07) is 3.73. The number of hydrogen-bond donors (Lipinski definition) is 0. The van der Waals surface area contributed by atoms with E-state index in [1.807, 2.05) is 0 Å². The second kappa shape index (κ2) is 2.73. The maximum atomic E-state index is 13.5. The predicted octanol–water partition coefficient (Wildman–Crippen LogP) is 3.63. The van der Waals surface area contributed by atoms with Gasteiger partial charge in [0.15, 0.2) is 0 Å². The summed E-state index contributed by atoms with van der Waals surface area (Å²) in [4.78, 5) is 0. The van der Waals surface area contributed by atoms with Crippen LogP contribution in [-0.4, -0.2) is 5.88 Å². The Morgan fingerprint density at radius 2 is 1.87 bits per heavy atom. The zero-order valence-corrected chi connectivity index (χ0v) is 8.95. The molecule has 0 aliphatic heterocycles. The molecule has 1 aromatic rings. The highest BCUT2D eigenvalue weighted by molar-refractivity contribution is 6.18. The monoisotopic (exact) mass is 228 g/mol. The van der Waals surface area contributed by atoms with Crippen LogP contribution in [0.25, 0.3) is 0 Å². The van der Waals surface area contributed by atoms with Gasteiger partial charge in [-0.25, -0.2) is 8.78 Å². The van der Waals surface area contributed by atoms with Crippen LogP contribution in [0.1, 0.15) is 24.8 Å². The summed E-state index contributed by atoms with van der Waals surface area (Å²) in [6.07, 6.45) is 2.76. The van der Waals surface area contributed by atoms with Crippen LogP contribution in [0.3, 0.4) is 0 Å². The van der Waals surface area contributed by atoms with Crippen LogP contribution in [0.2, 0.25) is 0 Å². The summed E-state index contributed by atoms with van der Waals surface area (Å²) in [5.41, 5.74) is 0.691. The van der Waals surface area contributed by atoms with Crippen molar-refractivity contribution in [2.24, 2.45) is 5.41 Å². The van der Waals surface area contributed by atoms with E-state index < -0.39 is 0 Å². The molecule has 3 heteroatoms. The predicted molar refractivity (Wildman–Crippen MR) is 55.0 cm³/mol. The second-order valence-electron chi connectivity index (χ2n) is 5.07. The molecule has 0 amide bonds. The van der Waals surface area contributed by atoms with Gasteiger partial charge < -0.3 is 0 Å². The lowest BCUT2D eigenvalue weighted by atomic mass is 9.34. The van der Waals surface area contributed by atoms with Crippen LogP contribution in [0.15, 0.2) is 18.2 Å². The molecule has 0 radical (unpaired) electrons. The van der Waals surface area contributed by atoms with E-state index in [9.17, 15) is 8.78 Å². The van der Waals surface area contributed by atoms with Gasteiger partial charge in [0.25, 0.3) is 0 Å². The zero-order chi connectivity index (χ0) is 10.7. The van der Waals surface area contributed by atoms with Gasteiger partial charge in [-0.2, -0.15) is 0 Å². The first kappa shape index (κ1) is 9.59. The van der Waals surface area contributed by atoms with Gasteiger partial charge in [0, 0.05) is 11.3 Å². The van der Waals surface area contributed by atoms with Crippen molar-refractivity contribution in [3.05, 3.63) is 35.4 Å². The van der Waals surface area contributed by atoms with Gasteiger partial charge >= 0.3 is 0 Å². The first-order valence-electron chi connectivity index (χ1n) is 5.11. The van der Waals surface area contributed by atoms with Gasteiger partial charge in [0.05, 0.1) is 0 Å². The van der Waals surface area contributed by atoms with E-state index in [2.05, 4.69) is 0 Å². The van der Waals surface area contributed by atoms with Crippen molar-refractivity contribution in [3.63, 3.8) is 0 Å². The molecule has 0 spiro atoms. The fourth-order valence-electron chi connectivity index (χ4n) is 3.33. The minimum atomic E-state index is -0.351. The SMILES string of the molecule is Fc1ccc(F)c(C23CC(CCl)(C2)C3)c1. The van der Waals surface area contributed by atoms with Crippen molar-refractivity contribution in [1.82, 2.24) is 0 Å². The van der Waals surface area contributed by atoms with E-state index in [1.165, 1.54) is 18.2 Å². The fourth-order valence-corrected chi connectivity index (χ4v) is 3.61. The highest BCUT2D eigenvalue weighted by atomic mass is 35.5. The van der Waals surface area contributed by atoms with E-state index >= 15 is 0 Å². The van der Waals surface area contributed by atoms with Gasteiger partial charge in [-0.3, -0.25) is 0 Å². The highest BCUT2D eigenvalue weighted by Gasteiger charge is 2.68. The molecule has 0 saturated heterocycles. The molecule has 0 atom stereocenters. The van der Waals surface area contributed by atoms with Gasteiger partial charge in [-0.05, 0) is 48.4 Å². The molecule has 4 rings (SSSR count). The van der Waals surface area contributed by atoms with Crippen LogP contribution >= 0.6 is 11.6 Å². The molecule has 0 aromatic heterocycles. The molecule has 3 saturated carbocycles. The lowest BCUT2D eigenvalue weighted by molar-refractivity contribution is -0.124. The van der Waals surface area contributed by atoms with E-state index in [4.69, 9.17) is 11.6 Å². The van der Waals surface area contributed by atoms with Crippen molar-refractivity contribution in [2.45, 2.75) is 24.7 Å². The van der Waals surface area contributed by atoms with Crippen LogP contribution in [0.4, 0.5) is 8.78 Å². The summed E-state index contributed by atoms with van der Waals surface area (Å²) in [6.45, 7) is 0. The van der Waals surface area contributed by atoms with Crippen molar-refractivity contribution in [3.8, 4) is 0 Å². The molecule has 15 heavy (non-hydrogen) atoms. The lowest BCUT2D eigenvalue weighted by Crippen LogP contribution is -2.65. The lowest BCUT2D eigenvalue weighted by Gasteiger charge is -2.70. The molecule has 0 N–H and O–H groups in total. The normalized spacial score (nSPS) is 37.0. The maximum Gasteiger partial charge on any atom is 0.127 e. The van der Waals surface area contributed by atoms with Crippen molar-refractivity contribution in [1.29, 1.82) is 0 Å². The van der Waals surface area contributed by atoms with Crippen LogP contribution in [-0.2, 0) is 5.41 Å². The van der Waals surface area contributed by atoms with Gasteiger partial charge in [0.2, 0.25) is 0 Å². The quantitative estimate of drug-likeness (QED) is 0.679. The first-order valence-corrected chi connectivity index (χ1v) is 5.64. The van der Waals surface area contributed by atoms with E-state index in [1.54, 1.807) is 0 Å². The molecule has 80 valence electrons. The van der Waals surface area contributed by atoms with Crippen molar-refractivity contribution >= 4 is 11.6 Å². The highest BCUT2D eigenvalue weighted by Crippen LogP contribution is 2.74. The minimum absolute atomic E-state index is 0.0962. The Morgan fingerprint density at radius 1 is 1.20 bits per heavy atom. The third-order valence-corrected chi connectivity index (χ3v) is 4.49. The van der Waals surface area contributed by atoms with Crippen LogP contribution in [0, 0.1) is 17.0 Å². The average molecular weight is 229 g/mol. The number of alkyl halides is 1. The molecule has 1 aromatic carbocycles. The summed E-state index contributed by atoms with van der Waals surface area (Å²) < 4.78 is 26.6. The molecule has 2 bridgehead atoms. The van der Waals surface area contributed by atoms with Crippen LogP contribution < -0.4 is 0 Å². The Labute approximate surface area is 92.2 Å². The largest absolute Gasteiger partial charge is 0.207 e. The molecule has 3 aliphatic rings. The standard InChI is InChI=1S/C12H11ClF2/c13-7-11-4-12(5-11,6-11)9-3-8(14)1-2-10(9)15/h1-3H,4-7H2. The van der Waals surface area contributed by atoms with E-state index in [-0.39, 0.29) is 22.5 Å². The third kappa shape index (κ3) is 1.12. The average Bonchev–Trinajstić information content (AvgIpc) is 2.07. The summed E-state index contributed by atoms with van der Waals surface area (Å²) in [5, 5.41) is 0. The molecule has 3 aliphatic carbocycles. The molecule has 3 fully saturated rings. The first-order chi connectivity index (χ1) is 7.09. The molecule has 0 unspecified atom stereocenters. The Kier molecular flexibility index (Phi) is 1.75. The number of rotatable bonds is 2. The van der Waals surface area contributed by atoms with E-state index in [0.29, 0.717) is 11.4 Å². The van der Waals surface area contributed by atoms with Crippen LogP contribution in [0.5, 0.6) is 0 Å². The zero-order valence-electron chi connectivity index (χ0n) is 8.19. The summed E-state index contributed by atoms with van der Waals surface area (Å²) in [5.74, 6) is 0.0152. The van der Waals surface area contributed by atoms with Gasteiger partial charge in [-0.1, -0.05) is 0 Å². The Bertz CT molecular complexity index is 408. The Balaban J connectivity index is 1.93. The summed E-state index contributed by atoms with van der Waals surface area (Å²) >= 11 is 5.84. The maximum absolute atomic E-state index is 13.5. The van der Waals surface area contributed by atoms with Crippen molar-refractivity contribution in [2.75, 3.05) is 5.88 Å². The van der Waals surface area contributed by atoms with Crippen molar-refractivity contribution < 1.29 is 8.78 Å². The Morgan fingerprint density at radius 3 is 2.47 bits per heavy atom. The minimum Gasteiger partial charge on any atom is -0.207 e. The molecule has 0 nitrogen and oxygen atoms in total. The van der Waals surface area contributed by atoms with Gasteiger partial charge in [-0.15, -0.1) is 11.6 Å². The fraction of sp³-hybridized carbons (Fsp3) is 0.500. The second-order valence-corrected chi connectivity index (χ2v) is 5.34. The molecule has 0 heterocycles. The smallest absolute Gasteiger partial charge is 0.127 e. The number of benzene rings is 1. The van der Waals surface area contributed by atoms with E-state index in [0.717, 1.165) is 19.3 Å². The Hall–Kier alpha value is -0.630. The topological polar surface area (TPSA) is 0 Å². The van der Waals surface area contributed by atoms with Gasteiger partial charge in [0.1, 0.15) is 11.6 Å². The molecular formula is C12H11ClF2. The molecular weight excluding hydrogens is 218 g/mol. The number of hydrogen-bond acceptors (Lipinski definition) is 0. The third-order valence-electron chi connectivity index (χ3n) is 3.92. The number of halogens is 3. The summed E-state index contributed by atoms with van der Waals surface area (Å²) in [7, 11) is 0.